The topological polar surface area (TPSA) is 24.9 Å². The summed E-state index contributed by atoms with van der Waals surface area (Å²) in [5, 5.41) is 5.38. The van der Waals surface area contributed by atoms with Crippen molar-refractivity contribution in [2.45, 2.75) is 25.8 Å². The molecular formula is C17H15ClN2S. The van der Waals surface area contributed by atoms with Crippen molar-refractivity contribution in [3.63, 3.8) is 0 Å². The van der Waals surface area contributed by atoms with Crippen LogP contribution in [-0.4, -0.2) is 4.98 Å². The summed E-state index contributed by atoms with van der Waals surface area (Å²) in [4.78, 5) is 7.37. The molecule has 0 saturated carbocycles. The zero-order chi connectivity index (χ0) is 14.2. The number of rotatable bonds is 3. The highest BCUT2D eigenvalue weighted by Gasteiger charge is 2.14. The minimum atomic E-state index is 0.724. The minimum absolute atomic E-state index is 0.724. The van der Waals surface area contributed by atoms with E-state index in [1.54, 1.807) is 10.4 Å². The van der Waals surface area contributed by atoms with Gasteiger partial charge in [-0.3, -0.25) is 4.98 Å². The molecule has 0 aliphatic heterocycles. The largest absolute Gasteiger partial charge is 0.380 e. The summed E-state index contributed by atoms with van der Waals surface area (Å²) in [6.45, 7) is 0.874. The first-order valence-electron chi connectivity index (χ1n) is 7.18. The number of nitrogens with zero attached hydrogens (tertiary/aromatic N) is 1. The van der Waals surface area contributed by atoms with Gasteiger partial charge in [-0.05, 0) is 55.2 Å². The van der Waals surface area contributed by atoms with E-state index in [1.165, 1.54) is 24.1 Å². The molecule has 0 radical (unpaired) electrons. The van der Waals surface area contributed by atoms with E-state index >= 15 is 0 Å². The summed E-state index contributed by atoms with van der Waals surface area (Å²) in [5.41, 5.74) is 3.61. The number of anilines is 1. The van der Waals surface area contributed by atoms with Gasteiger partial charge in [0.2, 0.25) is 0 Å². The number of thiophene rings is 1. The summed E-state index contributed by atoms with van der Waals surface area (Å²) in [6.07, 6.45) is 5.67. The molecule has 0 bridgehead atoms. The number of pyridine rings is 1. The van der Waals surface area contributed by atoms with Crippen molar-refractivity contribution < 1.29 is 0 Å². The number of aromatic nitrogens is 1. The van der Waals surface area contributed by atoms with Crippen molar-refractivity contribution in [3.8, 4) is 0 Å². The van der Waals surface area contributed by atoms with Crippen molar-refractivity contribution in [1.29, 1.82) is 0 Å². The molecule has 1 aliphatic carbocycles. The van der Waals surface area contributed by atoms with Crippen LogP contribution in [0.4, 0.5) is 5.69 Å². The molecule has 0 amide bonds. The van der Waals surface area contributed by atoms with Crippen LogP contribution in [0.5, 0.6) is 0 Å². The van der Waals surface area contributed by atoms with Gasteiger partial charge >= 0.3 is 0 Å². The Bertz CT molecular complexity index is 788. The molecule has 4 heteroatoms. The third kappa shape index (κ3) is 2.52. The number of benzene rings is 1. The molecule has 3 aromatic rings. The highest BCUT2D eigenvalue weighted by Crippen LogP contribution is 2.31. The van der Waals surface area contributed by atoms with E-state index in [0.717, 1.165) is 28.2 Å². The standard InChI is InChI=1S/C17H15ClN2S/c18-12-4-5-14-15(6-7-19-16(14)9-12)20-10-13-8-11-2-1-3-17(11)21-13/h4-9H,1-3,10H2,(H,19,20). The Morgan fingerprint density at radius 2 is 2.14 bits per heavy atom. The molecule has 0 spiro atoms. The monoisotopic (exact) mass is 314 g/mol. The number of hydrogen-bond acceptors (Lipinski definition) is 3. The van der Waals surface area contributed by atoms with E-state index in [1.807, 2.05) is 41.8 Å². The molecule has 2 nitrogen and oxygen atoms in total. The molecule has 21 heavy (non-hydrogen) atoms. The van der Waals surface area contributed by atoms with Crippen LogP contribution in [0.15, 0.2) is 36.5 Å². The van der Waals surface area contributed by atoms with Crippen LogP contribution in [0.25, 0.3) is 10.9 Å². The number of halogens is 1. The molecule has 4 rings (SSSR count). The Morgan fingerprint density at radius 3 is 3.05 bits per heavy atom. The molecule has 1 N–H and O–H groups in total. The van der Waals surface area contributed by atoms with Gasteiger partial charge in [0.25, 0.3) is 0 Å². The molecule has 0 saturated heterocycles. The Balaban J connectivity index is 1.59. The zero-order valence-electron chi connectivity index (χ0n) is 11.5. The molecule has 1 aromatic carbocycles. The second kappa shape index (κ2) is 5.32. The van der Waals surface area contributed by atoms with Gasteiger partial charge in [0.05, 0.1) is 5.52 Å². The maximum absolute atomic E-state index is 6.03. The van der Waals surface area contributed by atoms with Gasteiger partial charge in [0, 0.05) is 38.6 Å². The van der Waals surface area contributed by atoms with Crippen LogP contribution in [0.1, 0.15) is 21.7 Å². The van der Waals surface area contributed by atoms with E-state index in [9.17, 15) is 0 Å². The van der Waals surface area contributed by atoms with E-state index in [0.29, 0.717) is 0 Å². The van der Waals surface area contributed by atoms with Crippen molar-refractivity contribution in [1.82, 2.24) is 4.98 Å². The molecule has 0 unspecified atom stereocenters. The molecule has 0 atom stereocenters. The lowest BCUT2D eigenvalue weighted by Gasteiger charge is -2.08. The van der Waals surface area contributed by atoms with Gasteiger partial charge in [0.1, 0.15) is 0 Å². The summed E-state index contributed by atoms with van der Waals surface area (Å²) >= 11 is 7.98. The van der Waals surface area contributed by atoms with Crippen LogP contribution in [0.3, 0.4) is 0 Å². The van der Waals surface area contributed by atoms with Gasteiger partial charge in [-0.15, -0.1) is 11.3 Å². The Hall–Kier alpha value is -1.58. The summed E-state index contributed by atoms with van der Waals surface area (Å²) in [7, 11) is 0. The lowest BCUT2D eigenvalue weighted by Crippen LogP contribution is -1.98. The molecule has 1 aliphatic rings. The lowest BCUT2D eigenvalue weighted by molar-refractivity contribution is 0.913. The number of fused-ring (bicyclic) bond motifs is 2. The lowest BCUT2D eigenvalue weighted by atomic mass is 10.2. The summed E-state index contributed by atoms with van der Waals surface area (Å²) in [6, 6.07) is 10.2. The highest BCUT2D eigenvalue weighted by atomic mass is 35.5. The first-order chi connectivity index (χ1) is 10.3. The quantitative estimate of drug-likeness (QED) is 0.731. The second-order valence-corrected chi connectivity index (χ2v) is 7.05. The Morgan fingerprint density at radius 1 is 1.19 bits per heavy atom. The van der Waals surface area contributed by atoms with Crippen LogP contribution >= 0.6 is 22.9 Å². The van der Waals surface area contributed by atoms with Gasteiger partial charge < -0.3 is 5.32 Å². The van der Waals surface area contributed by atoms with E-state index in [-0.39, 0.29) is 0 Å². The third-order valence-electron chi connectivity index (χ3n) is 3.96. The first-order valence-corrected chi connectivity index (χ1v) is 8.38. The molecular weight excluding hydrogens is 300 g/mol. The van der Waals surface area contributed by atoms with E-state index in [4.69, 9.17) is 11.6 Å². The SMILES string of the molecule is Clc1ccc2c(NCc3cc4c(s3)CCC4)ccnc2c1. The molecule has 2 heterocycles. The van der Waals surface area contributed by atoms with Crippen molar-refractivity contribution in [3.05, 3.63) is 56.9 Å². The second-order valence-electron chi connectivity index (χ2n) is 5.39. The summed E-state index contributed by atoms with van der Waals surface area (Å²) < 4.78 is 0. The highest BCUT2D eigenvalue weighted by molar-refractivity contribution is 7.12. The van der Waals surface area contributed by atoms with Crippen LogP contribution in [-0.2, 0) is 19.4 Å². The molecule has 2 aromatic heterocycles. The zero-order valence-corrected chi connectivity index (χ0v) is 13.1. The smallest absolute Gasteiger partial charge is 0.0737 e. The van der Waals surface area contributed by atoms with Crippen LogP contribution in [0.2, 0.25) is 5.02 Å². The van der Waals surface area contributed by atoms with E-state index in [2.05, 4.69) is 16.4 Å². The van der Waals surface area contributed by atoms with Crippen molar-refractivity contribution in [2.75, 3.05) is 5.32 Å². The predicted molar refractivity (Wildman–Crippen MR) is 90.4 cm³/mol. The van der Waals surface area contributed by atoms with Crippen LogP contribution in [0, 0.1) is 0 Å². The fourth-order valence-electron chi connectivity index (χ4n) is 2.94. The molecule has 0 fully saturated rings. The van der Waals surface area contributed by atoms with Crippen molar-refractivity contribution >= 4 is 39.5 Å². The number of aryl methyl sites for hydroxylation is 2. The summed E-state index contributed by atoms with van der Waals surface area (Å²) in [5.74, 6) is 0. The van der Waals surface area contributed by atoms with Gasteiger partial charge in [-0.2, -0.15) is 0 Å². The van der Waals surface area contributed by atoms with Crippen molar-refractivity contribution in [2.24, 2.45) is 0 Å². The van der Waals surface area contributed by atoms with Gasteiger partial charge in [-0.1, -0.05) is 11.6 Å². The fraction of sp³-hybridized carbons (Fsp3) is 0.235. The molecule has 106 valence electrons. The fourth-order valence-corrected chi connectivity index (χ4v) is 4.30. The van der Waals surface area contributed by atoms with E-state index < -0.39 is 0 Å². The first kappa shape index (κ1) is 13.1. The number of hydrogen-bond donors (Lipinski definition) is 1. The minimum Gasteiger partial charge on any atom is -0.380 e. The maximum atomic E-state index is 6.03. The third-order valence-corrected chi connectivity index (χ3v) is 5.43. The Kier molecular flexibility index (Phi) is 3.32. The van der Waals surface area contributed by atoms with Gasteiger partial charge in [0.15, 0.2) is 0 Å². The average molecular weight is 315 g/mol. The average Bonchev–Trinajstić information content (AvgIpc) is 3.05. The Labute approximate surface area is 132 Å². The van der Waals surface area contributed by atoms with Crippen LogP contribution < -0.4 is 5.32 Å². The van der Waals surface area contributed by atoms with Gasteiger partial charge in [-0.25, -0.2) is 0 Å². The number of nitrogens with one attached hydrogen (secondary N) is 1. The predicted octanol–water partition coefficient (Wildman–Crippen LogP) is 5.05. The normalized spacial score (nSPS) is 13.6. The maximum Gasteiger partial charge on any atom is 0.0737 e.